The Bertz CT molecular complexity index is 406. The largest absolute Gasteiger partial charge is 0.545 e. The van der Waals surface area contributed by atoms with Gasteiger partial charge in [0.05, 0.1) is 12.0 Å². The highest BCUT2D eigenvalue weighted by Crippen LogP contribution is 2.61. The molecule has 20 heavy (non-hydrogen) atoms. The fourth-order valence-electron chi connectivity index (χ4n) is 3.93. The summed E-state index contributed by atoms with van der Waals surface area (Å²) in [7, 11) is -1.55. The molecule has 0 amide bonds. The summed E-state index contributed by atoms with van der Waals surface area (Å²) >= 11 is 0. The molecule has 0 saturated heterocycles. The highest BCUT2D eigenvalue weighted by Gasteiger charge is 2.56. The minimum absolute atomic E-state index is 0.364. The van der Waals surface area contributed by atoms with Crippen molar-refractivity contribution in [3.8, 4) is 0 Å². The lowest BCUT2D eigenvalue weighted by atomic mass is 9.45. The number of ether oxygens (including phenoxy) is 1. The van der Waals surface area contributed by atoms with E-state index in [-0.39, 0.29) is 0 Å². The van der Waals surface area contributed by atoms with Crippen molar-refractivity contribution in [1.82, 2.24) is 0 Å². The highest BCUT2D eigenvalue weighted by atomic mass is 28.4. The van der Waals surface area contributed by atoms with Gasteiger partial charge in [-0.15, -0.1) is 0 Å². The Morgan fingerprint density at radius 3 is 2.40 bits per heavy atom. The maximum Gasteiger partial charge on any atom is 0.242 e. The Balaban J connectivity index is 1.83. The molecule has 2 bridgehead atoms. The average molecular weight is 295 g/mol. The molecule has 0 spiro atoms. The molecule has 2 nitrogen and oxygen atoms in total. The van der Waals surface area contributed by atoms with E-state index in [0.29, 0.717) is 17.4 Å². The maximum absolute atomic E-state index is 5.97. The molecule has 0 radical (unpaired) electrons. The van der Waals surface area contributed by atoms with Crippen molar-refractivity contribution < 1.29 is 9.16 Å². The zero-order chi connectivity index (χ0) is 15.1. The quantitative estimate of drug-likeness (QED) is 0.405. The summed E-state index contributed by atoms with van der Waals surface area (Å²) in [6, 6.07) is 0. The fraction of sp³-hybridized carbons (Fsp3) is 0.765. The van der Waals surface area contributed by atoms with Gasteiger partial charge in [-0.05, 0) is 55.7 Å². The van der Waals surface area contributed by atoms with Crippen molar-refractivity contribution in [2.45, 2.75) is 59.4 Å². The second kappa shape index (κ2) is 5.25. The highest BCUT2D eigenvalue weighted by molar-refractivity contribution is 6.70. The molecule has 0 aliphatic heterocycles. The number of hydrogen-bond acceptors (Lipinski definition) is 2. The molecule has 0 aromatic carbocycles. The van der Waals surface area contributed by atoms with Crippen molar-refractivity contribution in [3.05, 3.63) is 24.7 Å². The molecule has 3 heteroatoms. The Morgan fingerprint density at radius 2 is 1.90 bits per heavy atom. The monoisotopic (exact) mass is 294 g/mol. The molecule has 0 aromatic heterocycles. The summed E-state index contributed by atoms with van der Waals surface area (Å²) in [5.74, 6) is 3.02. The normalized spacial score (nSPS) is 35.5. The summed E-state index contributed by atoms with van der Waals surface area (Å²) in [5, 5.41) is 0. The number of hydrogen-bond donors (Lipinski definition) is 0. The van der Waals surface area contributed by atoms with Crippen molar-refractivity contribution in [2.24, 2.45) is 23.2 Å². The van der Waals surface area contributed by atoms with Crippen LogP contribution in [0.3, 0.4) is 0 Å². The van der Waals surface area contributed by atoms with Crippen LogP contribution in [-0.2, 0) is 9.16 Å². The van der Waals surface area contributed by atoms with Crippen LogP contribution < -0.4 is 0 Å². The summed E-state index contributed by atoms with van der Waals surface area (Å²) in [6.45, 7) is 17.6. The molecule has 0 heterocycles. The van der Waals surface area contributed by atoms with Crippen LogP contribution in [0.15, 0.2) is 24.7 Å². The lowest BCUT2D eigenvalue weighted by Crippen LogP contribution is -2.56. The topological polar surface area (TPSA) is 18.5 Å². The van der Waals surface area contributed by atoms with E-state index in [2.05, 4.69) is 47.0 Å². The van der Waals surface area contributed by atoms with Crippen molar-refractivity contribution in [2.75, 3.05) is 0 Å². The van der Waals surface area contributed by atoms with E-state index in [9.17, 15) is 0 Å². The van der Waals surface area contributed by atoms with Crippen LogP contribution in [-0.4, -0.2) is 14.4 Å². The SMILES string of the molecule is C=C(/C=C/O[C@H]1C[C@H]2C[C@@H]([C@@H]1C)C2(C)C)O[Si](C)(C)C. The van der Waals surface area contributed by atoms with Gasteiger partial charge in [0.2, 0.25) is 8.32 Å². The van der Waals surface area contributed by atoms with E-state index in [4.69, 9.17) is 9.16 Å². The number of rotatable bonds is 5. The van der Waals surface area contributed by atoms with Gasteiger partial charge in [-0.3, -0.25) is 0 Å². The van der Waals surface area contributed by atoms with E-state index in [1.807, 2.05) is 6.08 Å². The van der Waals surface area contributed by atoms with Crippen molar-refractivity contribution >= 4 is 8.32 Å². The second-order valence-electron chi connectivity index (χ2n) is 8.11. The van der Waals surface area contributed by atoms with Crippen LogP contribution in [0, 0.1) is 23.2 Å². The first kappa shape index (κ1) is 15.7. The summed E-state index contributed by atoms with van der Waals surface area (Å²) in [5.41, 5.74) is 0.521. The standard InChI is InChI=1S/C17H30O2Si/c1-12(19-20(5,6)7)8-9-18-16-11-14-10-15(13(16)2)17(14,3)4/h8-9,13-16H,1,10-11H2,2-7H3/b9-8+/t13-,14+,15-,16-/m0/s1. The lowest BCUT2D eigenvalue weighted by molar-refractivity contribution is -0.156. The van der Waals surface area contributed by atoms with Crippen LogP contribution in [0.1, 0.15) is 33.6 Å². The number of allylic oxidation sites excluding steroid dienone is 1. The molecule has 0 unspecified atom stereocenters. The molecule has 0 aromatic rings. The first-order valence-electron chi connectivity index (χ1n) is 7.81. The smallest absolute Gasteiger partial charge is 0.242 e. The van der Waals surface area contributed by atoms with Gasteiger partial charge in [-0.1, -0.05) is 27.4 Å². The van der Waals surface area contributed by atoms with E-state index >= 15 is 0 Å². The molecule has 3 aliphatic carbocycles. The Morgan fingerprint density at radius 1 is 1.25 bits per heavy atom. The Kier molecular flexibility index (Phi) is 4.11. The van der Waals surface area contributed by atoms with Crippen molar-refractivity contribution in [3.63, 3.8) is 0 Å². The van der Waals surface area contributed by atoms with E-state index < -0.39 is 8.32 Å². The van der Waals surface area contributed by atoms with Gasteiger partial charge in [-0.25, -0.2) is 0 Å². The maximum atomic E-state index is 5.97. The first-order valence-corrected chi connectivity index (χ1v) is 11.2. The molecule has 114 valence electrons. The zero-order valence-electron chi connectivity index (χ0n) is 13.9. The van der Waals surface area contributed by atoms with Crippen LogP contribution >= 0.6 is 0 Å². The predicted octanol–water partition coefficient (Wildman–Crippen LogP) is 4.95. The van der Waals surface area contributed by atoms with Crippen LogP contribution in [0.25, 0.3) is 0 Å². The summed E-state index contributed by atoms with van der Waals surface area (Å²) < 4.78 is 11.8. The zero-order valence-corrected chi connectivity index (χ0v) is 14.9. The molecule has 3 fully saturated rings. The van der Waals surface area contributed by atoms with Gasteiger partial charge >= 0.3 is 0 Å². The van der Waals surface area contributed by atoms with Crippen LogP contribution in [0.5, 0.6) is 0 Å². The predicted molar refractivity (Wildman–Crippen MR) is 86.7 cm³/mol. The minimum atomic E-state index is -1.55. The van der Waals surface area contributed by atoms with E-state index in [0.717, 1.165) is 17.6 Å². The molecule has 0 N–H and O–H groups in total. The van der Waals surface area contributed by atoms with E-state index in [1.54, 1.807) is 6.26 Å². The van der Waals surface area contributed by atoms with Gasteiger partial charge in [0, 0.05) is 6.08 Å². The third-order valence-electron chi connectivity index (χ3n) is 5.23. The van der Waals surface area contributed by atoms with Gasteiger partial charge < -0.3 is 9.16 Å². The minimum Gasteiger partial charge on any atom is -0.545 e. The van der Waals surface area contributed by atoms with Gasteiger partial charge in [0.15, 0.2) is 0 Å². The number of fused-ring (bicyclic) bond motifs is 2. The third kappa shape index (κ3) is 3.13. The molecular weight excluding hydrogens is 264 g/mol. The van der Waals surface area contributed by atoms with Crippen LogP contribution in [0.4, 0.5) is 0 Å². The van der Waals surface area contributed by atoms with Crippen molar-refractivity contribution in [1.29, 1.82) is 0 Å². The fourth-order valence-corrected chi connectivity index (χ4v) is 4.78. The average Bonchev–Trinajstić information content (AvgIpc) is 2.28. The molecule has 3 saturated carbocycles. The van der Waals surface area contributed by atoms with Crippen LogP contribution in [0.2, 0.25) is 19.6 Å². The van der Waals surface area contributed by atoms with Gasteiger partial charge in [0.25, 0.3) is 0 Å². The molecule has 3 aliphatic rings. The first-order chi connectivity index (χ1) is 9.11. The lowest BCUT2D eigenvalue weighted by Gasteiger charge is -2.61. The Labute approximate surface area is 125 Å². The second-order valence-corrected chi connectivity index (χ2v) is 12.5. The van der Waals surface area contributed by atoms with Gasteiger partial charge in [0.1, 0.15) is 6.10 Å². The summed E-state index contributed by atoms with van der Waals surface area (Å²) in [6.07, 6.45) is 6.61. The Hall–Kier alpha value is -0.703. The van der Waals surface area contributed by atoms with Gasteiger partial charge in [-0.2, -0.15) is 0 Å². The van der Waals surface area contributed by atoms with E-state index in [1.165, 1.54) is 12.8 Å². The summed E-state index contributed by atoms with van der Waals surface area (Å²) in [4.78, 5) is 0. The molecular formula is C17H30O2Si. The molecule has 3 rings (SSSR count). The third-order valence-corrected chi connectivity index (χ3v) is 6.10. The molecule has 4 atom stereocenters.